The zero-order valence-electron chi connectivity index (χ0n) is 13.0. The lowest BCUT2D eigenvalue weighted by atomic mass is 9.78. The number of likely N-dealkylation sites (tertiary alicyclic amines) is 1. The van der Waals surface area contributed by atoms with Crippen LogP contribution in [0.1, 0.15) is 37.8 Å². The van der Waals surface area contributed by atoms with E-state index in [0.29, 0.717) is 18.0 Å². The smallest absolute Gasteiger partial charge is 0.119 e. The summed E-state index contributed by atoms with van der Waals surface area (Å²) in [6, 6.07) is 9.32. The summed E-state index contributed by atoms with van der Waals surface area (Å²) in [4.78, 5) is 2.61. The predicted octanol–water partition coefficient (Wildman–Crippen LogP) is 3.24. The number of methoxy groups -OCH3 is 1. The highest BCUT2D eigenvalue weighted by molar-refractivity contribution is 5.85. The van der Waals surface area contributed by atoms with Crippen molar-refractivity contribution >= 4 is 12.4 Å². The molecule has 4 heteroatoms. The molecular weight excluding hydrogens is 284 g/mol. The highest BCUT2D eigenvalue weighted by Gasteiger charge is 2.40. The van der Waals surface area contributed by atoms with E-state index in [0.717, 1.165) is 18.2 Å². The molecule has 1 aliphatic carbocycles. The Morgan fingerprint density at radius 1 is 1.29 bits per heavy atom. The minimum Gasteiger partial charge on any atom is -0.497 e. The summed E-state index contributed by atoms with van der Waals surface area (Å²) in [7, 11) is 1.73. The number of hydrogen-bond acceptors (Lipinski definition) is 3. The summed E-state index contributed by atoms with van der Waals surface area (Å²) >= 11 is 0. The number of nitrogens with zero attached hydrogens (tertiary/aromatic N) is 1. The second kappa shape index (κ2) is 6.99. The second-order valence-electron chi connectivity index (χ2n) is 6.43. The molecule has 4 unspecified atom stereocenters. The van der Waals surface area contributed by atoms with Crippen LogP contribution in [0.4, 0.5) is 0 Å². The second-order valence-corrected chi connectivity index (χ2v) is 6.43. The van der Waals surface area contributed by atoms with Gasteiger partial charge in [-0.15, -0.1) is 12.4 Å². The fourth-order valence-electron chi connectivity index (χ4n) is 3.98. The molecule has 1 heterocycles. The van der Waals surface area contributed by atoms with Gasteiger partial charge in [-0.3, -0.25) is 4.90 Å². The van der Waals surface area contributed by atoms with Crippen LogP contribution < -0.4 is 10.5 Å². The molecule has 3 rings (SSSR count). The van der Waals surface area contributed by atoms with Crippen molar-refractivity contribution < 1.29 is 4.74 Å². The minimum atomic E-state index is 0. The van der Waals surface area contributed by atoms with Gasteiger partial charge in [0, 0.05) is 25.2 Å². The molecule has 2 N–H and O–H groups in total. The van der Waals surface area contributed by atoms with Crippen LogP contribution in [0.3, 0.4) is 0 Å². The van der Waals surface area contributed by atoms with Crippen LogP contribution in [-0.4, -0.2) is 31.1 Å². The van der Waals surface area contributed by atoms with Gasteiger partial charge in [-0.05, 0) is 49.3 Å². The lowest BCUT2D eigenvalue weighted by Gasteiger charge is -2.30. The van der Waals surface area contributed by atoms with E-state index in [1.165, 1.54) is 31.4 Å². The van der Waals surface area contributed by atoms with Crippen molar-refractivity contribution in [1.82, 2.24) is 4.90 Å². The molecule has 2 aliphatic rings. The topological polar surface area (TPSA) is 38.5 Å². The van der Waals surface area contributed by atoms with Crippen LogP contribution in [0, 0.1) is 11.8 Å². The monoisotopic (exact) mass is 310 g/mol. The van der Waals surface area contributed by atoms with E-state index < -0.39 is 0 Å². The first kappa shape index (κ1) is 16.6. The van der Waals surface area contributed by atoms with Crippen molar-refractivity contribution in [2.75, 3.05) is 20.2 Å². The van der Waals surface area contributed by atoms with Gasteiger partial charge in [-0.25, -0.2) is 0 Å². The molecule has 1 aromatic carbocycles. The molecule has 0 spiro atoms. The Labute approximate surface area is 134 Å². The van der Waals surface area contributed by atoms with E-state index in [2.05, 4.69) is 30.0 Å². The lowest BCUT2D eigenvalue weighted by Crippen LogP contribution is -2.38. The number of hydrogen-bond donors (Lipinski definition) is 1. The molecule has 0 aromatic heterocycles. The van der Waals surface area contributed by atoms with Gasteiger partial charge in [0.15, 0.2) is 0 Å². The summed E-state index contributed by atoms with van der Waals surface area (Å²) in [5.41, 5.74) is 7.66. The summed E-state index contributed by atoms with van der Waals surface area (Å²) in [5, 5.41) is 0. The van der Waals surface area contributed by atoms with Gasteiger partial charge in [0.05, 0.1) is 7.11 Å². The maximum absolute atomic E-state index is 6.32. The molecule has 0 amide bonds. The average Bonchev–Trinajstić information content (AvgIpc) is 2.92. The van der Waals surface area contributed by atoms with E-state index in [4.69, 9.17) is 10.5 Å². The summed E-state index contributed by atoms with van der Waals surface area (Å²) in [6.45, 7) is 4.67. The zero-order valence-corrected chi connectivity index (χ0v) is 13.8. The van der Waals surface area contributed by atoms with Gasteiger partial charge in [-0.1, -0.05) is 18.6 Å². The molecule has 1 saturated heterocycles. The van der Waals surface area contributed by atoms with Gasteiger partial charge < -0.3 is 10.5 Å². The van der Waals surface area contributed by atoms with Crippen molar-refractivity contribution in [2.45, 2.75) is 38.3 Å². The molecule has 3 nitrogen and oxygen atoms in total. The number of benzene rings is 1. The molecule has 21 heavy (non-hydrogen) atoms. The van der Waals surface area contributed by atoms with Gasteiger partial charge >= 0.3 is 0 Å². The molecule has 2 fully saturated rings. The van der Waals surface area contributed by atoms with Gasteiger partial charge in [0.25, 0.3) is 0 Å². The van der Waals surface area contributed by atoms with Crippen molar-refractivity contribution in [1.29, 1.82) is 0 Å². The quantitative estimate of drug-likeness (QED) is 0.931. The molecule has 0 bridgehead atoms. The molecule has 4 atom stereocenters. The summed E-state index contributed by atoms with van der Waals surface area (Å²) in [6.07, 6.45) is 3.88. The molecule has 0 radical (unpaired) electrons. The Morgan fingerprint density at radius 2 is 2.10 bits per heavy atom. The number of ether oxygens (including phenoxy) is 1. The van der Waals surface area contributed by atoms with Crippen molar-refractivity contribution in [3.63, 3.8) is 0 Å². The number of rotatable bonds is 3. The van der Waals surface area contributed by atoms with E-state index in [-0.39, 0.29) is 12.4 Å². The van der Waals surface area contributed by atoms with Crippen molar-refractivity contribution in [3.05, 3.63) is 29.8 Å². The maximum atomic E-state index is 6.32. The first-order chi connectivity index (χ1) is 9.69. The molecule has 1 aliphatic heterocycles. The molecular formula is C17H27ClN2O. The van der Waals surface area contributed by atoms with Crippen molar-refractivity contribution in [3.8, 4) is 5.75 Å². The van der Waals surface area contributed by atoms with E-state index in [9.17, 15) is 0 Å². The maximum Gasteiger partial charge on any atom is 0.119 e. The standard InChI is InChI=1S/C17H26N2O.ClH/c1-12(13-5-3-7-15(9-13)20-2)19-10-14-6-4-8-17(18)16(14)11-19;/h3,5,7,9,12,14,16-17H,4,6,8,10-11,18H2,1-2H3;1H. The van der Waals surface area contributed by atoms with Crippen LogP contribution >= 0.6 is 12.4 Å². The Kier molecular flexibility index (Phi) is 5.53. The van der Waals surface area contributed by atoms with Crippen LogP contribution in [-0.2, 0) is 0 Å². The first-order valence-corrected chi connectivity index (χ1v) is 7.82. The number of nitrogens with two attached hydrogens (primary N) is 1. The number of halogens is 1. The zero-order chi connectivity index (χ0) is 14.1. The third kappa shape index (κ3) is 3.36. The van der Waals surface area contributed by atoms with E-state index in [1.54, 1.807) is 7.11 Å². The first-order valence-electron chi connectivity index (χ1n) is 7.82. The van der Waals surface area contributed by atoms with E-state index in [1.807, 2.05) is 6.07 Å². The predicted molar refractivity (Wildman–Crippen MR) is 89.0 cm³/mol. The molecule has 1 saturated carbocycles. The van der Waals surface area contributed by atoms with Crippen LogP contribution in [0.2, 0.25) is 0 Å². The normalized spacial score (nSPS) is 30.3. The Morgan fingerprint density at radius 3 is 2.81 bits per heavy atom. The van der Waals surface area contributed by atoms with Gasteiger partial charge in [0.1, 0.15) is 5.75 Å². The highest BCUT2D eigenvalue weighted by atomic mass is 35.5. The molecule has 1 aromatic rings. The van der Waals surface area contributed by atoms with Gasteiger partial charge in [0.2, 0.25) is 0 Å². The third-order valence-corrected chi connectivity index (χ3v) is 5.31. The Bertz CT molecular complexity index is 468. The van der Waals surface area contributed by atoms with E-state index >= 15 is 0 Å². The fourth-order valence-corrected chi connectivity index (χ4v) is 3.98. The summed E-state index contributed by atoms with van der Waals surface area (Å²) < 4.78 is 5.34. The van der Waals surface area contributed by atoms with Crippen LogP contribution in [0.5, 0.6) is 5.75 Å². The number of fused-ring (bicyclic) bond motifs is 1. The largest absolute Gasteiger partial charge is 0.497 e. The van der Waals surface area contributed by atoms with Gasteiger partial charge in [-0.2, -0.15) is 0 Å². The highest BCUT2D eigenvalue weighted by Crippen LogP contribution is 2.39. The van der Waals surface area contributed by atoms with Crippen molar-refractivity contribution in [2.24, 2.45) is 17.6 Å². The summed E-state index contributed by atoms with van der Waals surface area (Å²) in [5.74, 6) is 2.46. The lowest BCUT2D eigenvalue weighted by molar-refractivity contribution is 0.244. The fraction of sp³-hybridized carbons (Fsp3) is 0.647. The molecule has 118 valence electrons. The Hall–Kier alpha value is -0.770. The third-order valence-electron chi connectivity index (χ3n) is 5.31. The van der Waals surface area contributed by atoms with Crippen LogP contribution in [0.15, 0.2) is 24.3 Å². The SMILES string of the molecule is COc1cccc(C(C)N2CC3CCCC(N)C3C2)c1.Cl. The average molecular weight is 311 g/mol. The Balaban J connectivity index is 0.00000161. The van der Waals surface area contributed by atoms with Crippen LogP contribution in [0.25, 0.3) is 0 Å². The minimum absolute atomic E-state index is 0.